The number of halogens is 1. The predicted octanol–water partition coefficient (Wildman–Crippen LogP) is 4.89. The van der Waals surface area contributed by atoms with Crippen molar-refractivity contribution in [3.05, 3.63) is 58.2 Å². The van der Waals surface area contributed by atoms with E-state index in [-0.39, 0.29) is 5.97 Å². The molecule has 4 nitrogen and oxygen atoms in total. The van der Waals surface area contributed by atoms with Crippen molar-refractivity contribution >= 4 is 32.8 Å². The van der Waals surface area contributed by atoms with Gasteiger partial charge in [-0.1, -0.05) is 15.9 Å². The van der Waals surface area contributed by atoms with E-state index in [2.05, 4.69) is 20.5 Å². The average molecular weight is 388 g/mol. The zero-order valence-electron chi connectivity index (χ0n) is 13.8. The topological polar surface area (TPSA) is 40.5 Å². The molecule has 0 amide bonds. The summed E-state index contributed by atoms with van der Waals surface area (Å²) < 4.78 is 13.6. The minimum atomic E-state index is -0.316. The van der Waals surface area contributed by atoms with Crippen LogP contribution in [-0.4, -0.2) is 24.3 Å². The molecule has 5 heteroatoms. The van der Waals surface area contributed by atoms with Crippen molar-refractivity contribution in [1.29, 1.82) is 0 Å². The van der Waals surface area contributed by atoms with Crippen molar-refractivity contribution in [2.24, 2.45) is 0 Å². The zero-order valence-corrected chi connectivity index (χ0v) is 15.4. The van der Waals surface area contributed by atoms with E-state index in [1.54, 1.807) is 7.11 Å². The maximum Gasteiger partial charge on any atom is 0.340 e. The molecule has 0 aliphatic rings. The van der Waals surface area contributed by atoms with Gasteiger partial charge in [-0.3, -0.25) is 0 Å². The SMILES string of the molecule is CCOC(=O)c1c(C)n(-c2ccc(Br)cc2)c2ccc(OC)cc12. The Balaban J connectivity index is 2.31. The van der Waals surface area contributed by atoms with Gasteiger partial charge < -0.3 is 14.0 Å². The molecule has 124 valence electrons. The van der Waals surface area contributed by atoms with Crippen LogP contribution in [-0.2, 0) is 4.74 Å². The Bertz CT molecular complexity index is 897. The lowest BCUT2D eigenvalue weighted by Crippen LogP contribution is -2.07. The van der Waals surface area contributed by atoms with Gasteiger partial charge in [-0.05, 0) is 56.3 Å². The molecule has 0 atom stereocenters. The minimum absolute atomic E-state index is 0.316. The number of carbonyl (C=O) groups excluding carboxylic acids is 1. The number of rotatable bonds is 4. The van der Waals surface area contributed by atoms with Gasteiger partial charge in [0.1, 0.15) is 5.75 Å². The molecular weight excluding hydrogens is 370 g/mol. The van der Waals surface area contributed by atoms with Crippen LogP contribution in [0.1, 0.15) is 23.0 Å². The second kappa shape index (κ2) is 6.69. The fraction of sp³-hybridized carbons (Fsp3) is 0.211. The summed E-state index contributed by atoms with van der Waals surface area (Å²) in [5.74, 6) is 0.394. The largest absolute Gasteiger partial charge is 0.497 e. The number of aromatic nitrogens is 1. The van der Waals surface area contributed by atoms with Crippen LogP contribution in [0.4, 0.5) is 0 Å². The van der Waals surface area contributed by atoms with Gasteiger partial charge in [0.2, 0.25) is 0 Å². The second-order valence-corrected chi connectivity index (χ2v) is 6.29. The summed E-state index contributed by atoms with van der Waals surface area (Å²) >= 11 is 3.45. The first-order chi connectivity index (χ1) is 11.6. The third kappa shape index (κ3) is 2.80. The van der Waals surface area contributed by atoms with Gasteiger partial charge in [0, 0.05) is 21.2 Å². The van der Waals surface area contributed by atoms with Gasteiger partial charge in [-0.2, -0.15) is 0 Å². The number of benzene rings is 2. The van der Waals surface area contributed by atoms with Crippen molar-refractivity contribution in [3.63, 3.8) is 0 Å². The van der Waals surface area contributed by atoms with Crippen molar-refractivity contribution < 1.29 is 14.3 Å². The van der Waals surface area contributed by atoms with E-state index < -0.39 is 0 Å². The molecule has 1 heterocycles. The molecule has 3 rings (SSSR count). The number of methoxy groups -OCH3 is 1. The number of hydrogen-bond donors (Lipinski definition) is 0. The van der Waals surface area contributed by atoms with E-state index in [9.17, 15) is 4.79 Å². The Morgan fingerprint density at radius 3 is 2.50 bits per heavy atom. The van der Waals surface area contributed by atoms with Gasteiger partial charge in [0.15, 0.2) is 0 Å². The highest BCUT2D eigenvalue weighted by atomic mass is 79.9. The lowest BCUT2D eigenvalue weighted by atomic mass is 10.1. The Hall–Kier alpha value is -2.27. The third-order valence-corrected chi connectivity index (χ3v) is 4.50. The smallest absolute Gasteiger partial charge is 0.340 e. The van der Waals surface area contributed by atoms with Crippen LogP contribution in [0.2, 0.25) is 0 Å². The summed E-state index contributed by atoms with van der Waals surface area (Å²) in [5.41, 5.74) is 3.35. The summed E-state index contributed by atoms with van der Waals surface area (Å²) in [6.45, 7) is 4.08. The molecule has 0 bridgehead atoms. The van der Waals surface area contributed by atoms with Crippen LogP contribution < -0.4 is 4.74 Å². The lowest BCUT2D eigenvalue weighted by Gasteiger charge is -2.09. The molecule has 0 N–H and O–H groups in total. The standard InChI is InChI=1S/C19H18BrNO3/c1-4-24-19(22)18-12(2)21(14-7-5-13(20)6-8-14)17-10-9-15(23-3)11-16(17)18/h5-11H,4H2,1-3H3. The average Bonchev–Trinajstić information content (AvgIpc) is 2.87. The monoisotopic (exact) mass is 387 g/mol. The number of fused-ring (bicyclic) bond motifs is 1. The van der Waals surface area contributed by atoms with E-state index in [0.717, 1.165) is 26.8 Å². The second-order valence-electron chi connectivity index (χ2n) is 5.38. The number of nitrogens with zero attached hydrogens (tertiary/aromatic N) is 1. The lowest BCUT2D eigenvalue weighted by molar-refractivity contribution is 0.0527. The molecule has 3 aromatic rings. The Morgan fingerprint density at radius 1 is 1.17 bits per heavy atom. The number of esters is 1. The molecular formula is C19H18BrNO3. The normalized spacial score (nSPS) is 10.8. The first kappa shape index (κ1) is 16.6. The highest BCUT2D eigenvalue weighted by molar-refractivity contribution is 9.10. The molecule has 0 spiro atoms. The summed E-state index contributed by atoms with van der Waals surface area (Å²) in [5, 5.41) is 0.827. The van der Waals surface area contributed by atoms with E-state index >= 15 is 0 Å². The van der Waals surface area contributed by atoms with Crippen LogP contribution in [0.3, 0.4) is 0 Å². The van der Waals surface area contributed by atoms with Crippen LogP contribution in [0.5, 0.6) is 5.75 Å². The van der Waals surface area contributed by atoms with E-state index in [0.29, 0.717) is 17.9 Å². The van der Waals surface area contributed by atoms with Gasteiger partial charge in [-0.15, -0.1) is 0 Å². The molecule has 0 fully saturated rings. The first-order valence-electron chi connectivity index (χ1n) is 7.69. The maximum atomic E-state index is 12.5. The summed E-state index contributed by atoms with van der Waals surface area (Å²) in [6.07, 6.45) is 0. The van der Waals surface area contributed by atoms with Gasteiger partial charge in [0.05, 0.1) is 24.8 Å². The quantitative estimate of drug-likeness (QED) is 0.598. The van der Waals surface area contributed by atoms with Crippen molar-refractivity contribution in [2.75, 3.05) is 13.7 Å². The van der Waals surface area contributed by atoms with E-state index in [1.807, 2.05) is 56.3 Å². The molecule has 0 saturated carbocycles. The highest BCUT2D eigenvalue weighted by Gasteiger charge is 2.22. The first-order valence-corrected chi connectivity index (χ1v) is 8.48. The third-order valence-electron chi connectivity index (χ3n) is 3.98. The van der Waals surface area contributed by atoms with E-state index in [1.165, 1.54) is 0 Å². The molecule has 0 aliphatic carbocycles. The molecule has 0 radical (unpaired) electrons. The molecule has 0 saturated heterocycles. The van der Waals surface area contributed by atoms with Crippen LogP contribution >= 0.6 is 15.9 Å². The highest BCUT2D eigenvalue weighted by Crippen LogP contribution is 2.32. The summed E-state index contributed by atoms with van der Waals surface area (Å²) in [6, 6.07) is 13.7. The number of ether oxygens (including phenoxy) is 2. The van der Waals surface area contributed by atoms with Crippen LogP contribution in [0.15, 0.2) is 46.9 Å². The van der Waals surface area contributed by atoms with Crippen LogP contribution in [0, 0.1) is 6.92 Å². The Labute approximate surface area is 149 Å². The minimum Gasteiger partial charge on any atom is -0.497 e. The number of carbonyl (C=O) groups is 1. The molecule has 2 aromatic carbocycles. The summed E-state index contributed by atoms with van der Waals surface area (Å²) in [4.78, 5) is 12.5. The van der Waals surface area contributed by atoms with Gasteiger partial charge >= 0.3 is 5.97 Å². The maximum absolute atomic E-state index is 12.5. The summed E-state index contributed by atoms with van der Waals surface area (Å²) in [7, 11) is 1.61. The van der Waals surface area contributed by atoms with Crippen molar-refractivity contribution in [1.82, 2.24) is 4.57 Å². The molecule has 1 aromatic heterocycles. The Morgan fingerprint density at radius 2 is 1.88 bits per heavy atom. The van der Waals surface area contributed by atoms with Crippen molar-refractivity contribution in [3.8, 4) is 11.4 Å². The van der Waals surface area contributed by atoms with Crippen molar-refractivity contribution in [2.45, 2.75) is 13.8 Å². The van der Waals surface area contributed by atoms with Crippen LogP contribution in [0.25, 0.3) is 16.6 Å². The van der Waals surface area contributed by atoms with E-state index in [4.69, 9.17) is 9.47 Å². The fourth-order valence-corrected chi connectivity index (χ4v) is 3.17. The Kier molecular flexibility index (Phi) is 4.62. The fourth-order valence-electron chi connectivity index (χ4n) is 2.91. The molecule has 0 unspecified atom stereocenters. The predicted molar refractivity (Wildman–Crippen MR) is 98.2 cm³/mol. The van der Waals surface area contributed by atoms with Gasteiger partial charge in [-0.25, -0.2) is 4.79 Å². The molecule has 24 heavy (non-hydrogen) atoms. The van der Waals surface area contributed by atoms with Gasteiger partial charge in [0.25, 0.3) is 0 Å². The zero-order chi connectivity index (χ0) is 17.3. The number of hydrogen-bond acceptors (Lipinski definition) is 3. The molecule has 0 aliphatic heterocycles.